The molecule has 4 nitrogen and oxygen atoms in total. The van der Waals surface area contributed by atoms with Crippen molar-refractivity contribution in [3.05, 3.63) is 53.6 Å². The molecule has 3 rings (SSSR count). The second kappa shape index (κ2) is 4.83. The third kappa shape index (κ3) is 2.36. The normalized spacial score (nSPS) is 13.7. The lowest BCUT2D eigenvalue weighted by atomic mass is 10.1. The second-order valence-electron chi connectivity index (χ2n) is 4.79. The maximum atomic E-state index is 12.4. The fourth-order valence-corrected chi connectivity index (χ4v) is 3.61. The van der Waals surface area contributed by atoms with Gasteiger partial charge in [0.05, 0.1) is 11.5 Å². The fourth-order valence-electron chi connectivity index (χ4n) is 2.32. The predicted molar refractivity (Wildman–Crippen MR) is 77.6 cm³/mol. The van der Waals surface area contributed by atoms with E-state index in [1.165, 1.54) is 0 Å². The summed E-state index contributed by atoms with van der Waals surface area (Å²) in [5.74, 6) is 0.837. The van der Waals surface area contributed by atoms with E-state index < -0.39 is 10.0 Å². The van der Waals surface area contributed by atoms with E-state index in [4.69, 9.17) is 4.74 Å². The van der Waals surface area contributed by atoms with Crippen LogP contribution < -0.4 is 9.46 Å². The number of aryl methyl sites for hydroxylation is 1. The standard InChI is InChI=1S/C15H15NO3S/c1-11-4-2-3-5-15(11)20(17,18)16-13-6-7-14-12(10-13)8-9-19-14/h2-7,10,16H,8-9H2,1H3. The second-order valence-corrected chi connectivity index (χ2v) is 6.44. The van der Waals surface area contributed by atoms with Crippen molar-refractivity contribution in [2.75, 3.05) is 11.3 Å². The Morgan fingerprint density at radius 2 is 1.95 bits per heavy atom. The predicted octanol–water partition coefficient (Wildman–Crippen LogP) is 2.73. The summed E-state index contributed by atoms with van der Waals surface area (Å²) in [7, 11) is -3.55. The van der Waals surface area contributed by atoms with E-state index in [1.54, 1.807) is 37.3 Å². The number of nitrogens with one attached hydrogen (secondary N) is 1. The number of hydrogen-bond donors (Lipinski definition) is 1. The molecule has 0 spiro atoms. The van der Waals surface area contributed by atoms with Crippen LogP contribution in [0.25, 0.3) is 0 Å². The first-order chi connectivity index (χ1) is 9.56. The monoisotopic (exact) mass is 289 g/mol. The SMILES string of the molecule is Cc1ccccc1S(=O)(=O)Nc1ccc2c(c1)CCO2. The van der Waals surface area contributed by atoms with Crippen LogP contribution in [0.1, 0.15) is 11.1 Å². The summed E-state index contributed by atoms with van der Waals surface area (Å²) in [6.07, 6.45) is 0.815. The maximum Gasteiger partial charge on any atom is 0.262 e. The fraction of sp³-hybridized carbons (Fsp3) is 0.200. The van der Waals surface area contributed by atoms with Crippen LogP contribution >= 0.6 is 0 Å². The van der Waals surface area contributed by atoms with E-state index >= 15 is 0 Å². The molecule has 1 N–H and O–H groups in total. The first kappa shape index (κ1) is 13.0. The van der Waals surface area contributed by atoms with Gasteiger partial charge in [-0.05, 0) is 42.3 Å². The van der Waals surface area contributed by atoms with Gasteiger partial charge in [-0.1, -0.05) is 18.2 Å². The number of sulfonamides is 1. The van der Waals surface area contributed by atoms with Crippen LogP contribution in [-0.4, -0.2) is 15.0 Å². The molecule has 2 aromatic rings. The number of benzene rings is 2. The largest absolute Gasteiger partial charge is 0.493 e. The summed E-state index contributed by atoms with van der Waals surface area (Å²) in [4.78, 5) is 0.303. The zero-order valence-corrected chi connectivity index (χ0v) is 11.9. The molecule has 0 amide bonds. The number of fused-ring (bicyclic) bond motifs is 1. The Balaban J connectivity index is 1.93. The van der Waals surface area contributed by atoms with Gasteiger partial charge in [-0.3, -0.25) is 4.72 Å². The van der Waals surface area contributed by atoms with Gasteiger partial charge in [0.15, 0.2) is 0 Å². The van der Waals surface area contributed by atoms with Crippen molar-refractivity contribution in [2.24, 2.45) is 0 Å². The van der Waals surface area contributed by atoms with Crippen molar-refractivity contribution in [3.8, 4) is 5.75 Å². The van der Waals surface area contributed by atoms with Crippen LogP contribution in [0.15, 0.2) is 47.4 Å². The lowest BCUT2D eigenvalue weighted by Gasteiger charge is -2.11. The van der Waals surface area contributed by atoms with Gasteiger partial charge in [-0.25, -0.2) is 8.42 Å². The summed E-state index contributed by atoms with van der Waals surface area (Å²) >= 11 is 0. The van der Waals surface area contributed by atoms with Gasteiger partial charge in [0.2, 0.25) is 0 Å². The number of ether oxygens (including phenoxy) is 1. The molecule has 0 radical (unpaired) electrons. The minimum atomic E-state index is -3.55. The van der Waals surface area contributed by atoms with Gasteiger partial charge in [-0.15, -0.1) is 0 Å². The third-order valence-electron chi connectivity index (χ3n) is 3.32. The minimum Gasteiger partial charge on any atom is -0.493 e. The highest BCUT2D eigenvalue weighted by Crippen LogP contribution is 2.29. The van der Waals surface area contributed by atoms with Crippen LogP contribution in [0.5, 0.6) is 5.75 Å². The van der Waals surface area contributed by atoms with Gasteiger partial charge in [0.1, 0.15) is 5.75 Å². The van der Waals surface area contributed by atoms with E-state index in [1.807, 2.05) is 12.1 Å². The van der Waals surface area contributed by atoms with Gasteiger partial charge in [-0.2, -0.15) is 0 Å². The van der Waals surface area contributed by atoms with Crippen LogP contribution in [0.3, 0.4) is 0 Å². The van der Waals surface area contributed by atoms with E-state index in [2.05, 4.69) is 4.72 Å². The molecule has 104 valence electrons. The van der Waals surface area contributed by atoms with E-state index in [-0.39, 0.29) is 0 Å². The van der Waals surface area contributed by atoms with E-state index in [9.17, 15) is 8.42 Å². The average Bonchev–Trinajstić information content (AvgIpc) is 2.86. The van der Waals surface area contributed by atoms with Gasteiger partial charge in [0, 0.05) is 12.1 Å². The topological polar surface area (TPSA) is 55.4 Å². The molecule has 0 atom stereocenters. The maximum absolute atomic E-state index is 12.4. The first-order valence-electron chi connectivity index (χ1n) is 6.40. The van der Waals surface area contributed by atoms with Crippen LogP contribution in [0.2, 0.25) is 0 Å². The lowest BCUT2D eigenvalue weighted by Crippen LogP contribution is -2.14. The Kier molecular flexibility index (Phi) is 3.14. The minimum absolute atomic E-state index is 0.303. The average molecular weight is 289 g/mol. The van der Waals surface area contributed by atoms with Crippen molar-refractivity contribution in [2.45, 2.75) is 18.2 Å². The molecule has 0 bridgehead atoms. The highest BCUT2D eigenvalue weighted by Gasteiger charge is 2.18. The molecule has 0 saturated heterocycles. The first-order valence-corrected chi connectivity index (χ1v) is 7.89. The van der Waals surface area contributed by atoms with E-state index in [0.29, 0.717) is 17.2 Å². The van der Waals surface area contributed by atoms with Crippen molar-refractivity contribution < 1.29 is 13.2 Å². The summed E-state index contributed by atoms with van der Waals surface area (Å²) in [5.41, 5.74) is 2.33. The smallest absolute Gasteiger partial charge is 0.262 e. The molecular formula is C15H15NO3S. The number of rotatable bonds is 3. The summed E-state index contributed by atoms with van der Waals surface area (Å²) in [6, 6.07) is 12.3. The number of hydrogen-bond acceptors (Lipinski definition) is 3. The molecule has 5 heteroatoms. The summed E-state index contributed by atoms with van der Waals surface area (Å²) < 4.78 is 32.8. The van der Waals surface area contributed by atoms with Crippen molar-refractivity contribution >= 4 is 15.7 Å². The Bertz CT molecular complexity index is 753. The van der Waals surface area contributed by atoms with Crippen LogP contribution in [0, 0.1) is 6.92 Å². The van der Waals surface area contributed by atoms with Crippen molar-refractivity contribution in [3.63, 3.8) is 0 Å². The molecule has 0 saturated carbocycles. The summed E-state index contributed by atoms with van der Waals surface area (Å²) in [5, 5.41) is 0. The number of anilines is 1. The quantitative estimate of drug-likeness (QED) is 0.945. The van der Waals surface area contributed by atoms with Gasteiger partial charge < -0.3 is 4.74 Å². The molecule has 0 fully saturated rings. The van der Waals surface area contributed by atoms with Crippen molar-refractivity contribution in [1.29, 1.82) is 0 Å². The van der Waals surface area contributed by atoms with E-state index in [0.717, 1.165) is 23.3 Å². The molecule has 1 aliphatic heterocycles. The highest BCUT2D eigenvalue weighted by molar-refractivity contribution is 7.92. The molecular weight excluding hydrogens is 274 g/mol. The molecule has 2 aromatic carbocycles. The van der Waals surface area contributed by atoms with Crippen LogP contribution in [-0.2, 0) is 16.4 Å². The Morgan fingerprint density at radius 3 is 2.75 bits per heavy atom. The molecule has 1 heterocycles. The molecule has 0 aromatic heterocycles. The summed E-state index contributed by atoms with van der Waals surface area (Å²) in [6.45, 7) is 2.44. The van der Waals surface area contributed by atoms with Crippen molar-refractivity contribution in [1.82, 2.24) is 0 Å². The molecule has 20 heavy (non-hydrogen) atoms. The van der Waals surface area contributed by atoms with Gasteiger partial charge >= 0.3 is 0 Å². The highest BCUT2D eigenvalue weighted by atomic mass is 32.2. The zero-order chi connectivity index (χ0) is 14.2. The van der Waals surface area contributed by atoms with Gasteiger partial charge in [0.25, 0.3) is 10.0 Å². The van der Waals surface area contributed by atoms with Crippen LogP contribution in [0.4, 0.5) is 5.69 Å². The Labute approximate surface area is 118 Å². The molecule has 0 unspecified atom stereocenters. The lowest BCUT2D eigenvalue weighted by molar-refractivity contribution is 0.357. The molecule has 1 aliphatic rings. The Morgan fingerprint density at radius 1 is 1.15 bits per heavy atom. The zero-order valence-electron chi connectivity index (χ0n) is 11.1. The molecule has 0 aliphatic carbocycles. The Hall–Kier alpha value is -2.01. The third-order valence-corrected chi connectivity index (χ3v) is 4.87.